The maximum absolute atomic E-state index is 4.08. The van der Waals surface area contributed by atoms with Crippen molar-refractivity contribution in [2.45, 2.75) is 41.5 Å². The van der Waals surface area contributed by atoms with Crippen LogP contribution in [0, 0.1) is 12.3 Å². The minimum Gasteiger partial charge on any atom is -0.383 e. The summed E-state index contributed by atoms with van der Waals surface area (Å²) in [4.78, 5) is 4.08. The zero-order valence-corrected chi connectivity index (χ0v) is 10.9. The van der Waals surface area contributed by atoms with E-state index in [4.69, 9.17) is 0 Å². The van der Waals surface area contributed by atoms with Crippen molar-refractivity contribution in [2.24, 2.45) is 5.41 Å². The first kappa shape index (κ1) is 13.9. The van der Waals surface area contributed by atoms with E-state index < -0.39 is 0 Å². The van der Waals surface area contributed by atoms with E-state index in [-0.39, 0.29) is 0 Å². The van der Waals surface area contributed by atoms with Gasteiger partial charge in [0.2, 0.25) is 0 Å². The third-order valence-electron chi connectivity index (χ3n) is 1.85. The minimum atomic E-state index is 0.308. The Hall–Kier alpha value is -1.05. The van der Waals surface area contributed by atoms with Gasteiger partial charge in [-0.3, -0.25) is 4.98 Å². The maximum Gasteiger partial charge on any atom is 0.0556 e. The molecule has 1 aromatic rings. The first-order valence-corrected chi connectivity index (χ1v) is 5.63. The summed E-state index contributed by atoms with van der Waals surface area (Å²) < 4.78 is 0. The molecule has 0 amide bonds. The molecule has 0 aromatic carbocycles. The highest BCUT2D eigenvalue weighted by molar-refractivity contribution is 5.47. The van der Waals surface area contributed by atoms with Crippen molar-refractivity contribution in [3.8, 4) is 0 Å². The number of pyridine rings is 1. The predicted molar refractivity (Wildman–Crippen MR) is 68.3 cm³/mol. The number of aromatic nitrogens is 1. The van der Waals surface area contributed by atoms with Crippen LogP contribution in [-0.2, 0) is 0 Å². The van der Waals surface area contributed by atoms with Gasteiger partial charge in [0.15, 0.2) is 0 Å². The van der Waals surface area contributed by atoms with Gasteiger partial charge in [-0.1, -0.05) is 34.6 Å². The first-order chi connectivity index (χ1) is 6.99. The monoisotopic (exact) mass is 208 g/mol. The molecule has 0 bridgehead atoms. The van der Waals surface area contributed by atoms with Gasteiger partial charge in [0.05, 0.1) is 11.9 Å². The van der Waals surface area contributed by atoms with Crippen molar-refractivity contribution in [3.63, 3.8) is 0 Å². The van der Waals surface area contributed by atoms with Gasteiger partial charge in [0.25, 0.3) is 0 Å². The summed E-state index contributed by atoms with van der Waals surface area (Å²) in [7, 11) is 0. The summed E-state index contributed by atoms with van der Waals surface area (Å²) in [5.74, 6) is 0. The number of nitrogens with one attached hydrogen (secondary N) is 1. The van der Waals surface area contributed by atoms with E-state index in [2.05, 4.69) is 38.0 Å². The van der Waals surface area contributed by atoms with Crippen LogP contribution in [0.4, 0.5) is 5.69 Å². The summed E-state index contributed by atoms with van der Waals surface area (Å²) in [5.41, 5.74) is 2.69. The van der Waals surface area contributed by atoms with E-state index in [0.717, 1.165) is 12.2 Å². The van der Waals surface area contributed by atoms with Crippen LogP contribution >= 0.6 is 0 Å². The Balaban J connectivity index is 0.000000921. The quantitative estimate of drug-likeness (QED) is 0.798. The Morgan fingerprint density at radius 2 is 1.87 bits per heavy atom. The Kier molecular flexibility index (Phi) is 5.99. The van der Waals surface area contributed by atoms with Crippen molar-refractivity contribution in [3.05, 3.63) is 24.0 Å². The van der Waals surface area contributed by atoms with E-state index in [1.807, 2.05) is 32.3 Å². The number of hydrogen-bond donors (Lipinski definition) is 1. The van der Waals surface area contributed by atoms with Crippen LogP contribution in [0.2, 0.25) is 0 Å². The van der Waals surface area contributed by atoms with Crippen LogP contribution in [0.1, 0.15) is 40.2 Å². The van der Waals surface area contributed by atoms with E-state index in [9.17, 15) is 0 Å². The Morgan fingerprint density at radius 3 is 2.33 bits per heavy atom. The molecule has 15 heavy (non-hydrogen) atoms. The van der Waals surface area contributed by atoms with Crippen molar-refractivity contribution in [1.29, 1.82) is 0 Å². The lowest BCUT2D eigenvalue weighted by molar-refractivity contribution is 0.443. The normalized spacial score (nSPS) is 10.3. The van der Waals surface area contributed by atoms with Crippen LogP contribution in [0.5, 0.6) is 0 Å². The number of aryl methyl sites for hydroxylation is 1. The number of anilines is 1. The molecule has 0 saturated heterocycles. The molecule has 1 aromatic heterocycles. The highest BCUT2D eigenvalue weighted by atomic mass is 14.9. The lowest BCUT2D eigenvalue weighted by Crippen LogP contribution is -2.19. The smallest absolute Gasteiger partial charge is 0.0556 e. The molecular weight excluding hydrogens is 184 g/mol. The van der Waals surface area contributed by atoms with E-state index >= 15 is 0 Å². The highest BCUT2D eigenvalue weighted by Gasteiger charge is 2.09. The molecule has 2 heteroatoms. The molecule has 0 fully saturated rings. The second-order valence-electron chi connectivity index (χ2n) is 4.60. The molecule has 0 atom stereocenters. The molecular formula is C13H24N2. The van der Waals surface area contributed by atoms with Crippen LogP contribution in [-0.4, -0.2) is 11.5 Å². The molecule has 2 nitrogen and oxygen atoms in total. The molecule has 0 radical (unpaired) electrons. The summed E-state index contributed by atoms with van der Waals surface area (Å²) in [6.45, 7) is 13.7. The van der Waals surface area contributed by atoms with Gasteiger partial charge in [0, 0.05) is 12.7 Å². The summed E-state index contributed by atoms with van der Waals surface area (Å²) in [5, 5.41) is 3.39. The lowest BCUT2D eigenvalue weighted by atomic mass is 9.97. The zero-order valence-electron chi connectivity index (χ0n) is 10.9. The van der Waals surface area contributed by atoms with E-state index in [1.165, 1.54) is 5.56 Å². The maximum atomic E-state index is 4.08. The molecule has 0 unspecified atom stereocenters. The van der Waals surface area contributed by atoms with E-state index in [0.29, 0.717) is 5.41 Å². The lowest BCUT2D eigenvalue weighted by Gasteiger charge is -2.20. The highest BCUT2D eigenvalue weighted by Crippen LogP contribution is 2.17. The van der Waals surface area contributed by atoms with Crippen molar-refractivity contribution in [2.75, 3.05) is 11.9 Å². The minimum absolute atomic E-state index is 0.308. The van der Waals surface area contributed by atoms with Crippen LogP contribution < -0.4 is 5.32 Å². The molecule has 0 saturated carbocycles. The van der Waals surface area contributed by atoms with Gasteiger partial charge >= 0.3 is 0 Å². The van der Waals surface area contributed by atoms with Crippen LogP contribution in [0.25, 0.3) is 0 Å². The fraction of sp³-hybridized carbons (Fsp3) is 0.615. The summed E-state index contributed by atoms with van der Waals surface area (Å²) >= 11 is 0. The Bertz CT molecular complexity index is 274. The molecule has 1 heterocycles. The van der Waals surface area contributed by atoms with Gasteiger partial charge < -0.3 is 5.32 Å². The molecule has 0 aliphatic heterocycles. The summed E-state index contributed by atoms with van der Waals surface area (Å²) in [6.07, 6.45) is 3.69. The van der Waals surface area contributed by atoms with Gasteiger partial charge in [-0.15, -0.1) is 0 Å². The topological polar surface area (TPSA) is 24.9 Å². The van der Waals surface area contributed by atoms with E-state index in [1.54, 1.807) is 0 Å². The van der Waals surface area contributed by atoms with Crippen LogP contribution in [0.3, 0.4) is 0 Å². The van der Waals surface area contributed by atoms with Crippen LogP contribution in [0.15, 0.2) is 18.5 Å². The van der Waals surface area contributed by atoms with Crippen molar-refractivity contribution < 1.29 is 0 Å². The molecule has 0 aliphatic carbocycles. The predicted octanol–water partition coefficient (Wildman–Crippen LogP) is 3.87. The fourth-order valence-electron chi connectivity index (χ4n) is 1.01. The van der Waals surface area contributed by atoms with Gasteiger partial charge in [-0.2, -0.15) is 0 Å². The fourth-order valence-corrected chi connectivity index (χ4v) is 1.01. The van der Waals surface area contributed by atoms with Gasteiger partial charge in [0.1, 0.15) is 0 Å². The average Bonchev–Trinajstić information content (AvgIpc) is 2.18. The van der Waals surface area contributed by atoms with Gasteiger partial charge in [-0.05, 0) is 24.0 Å². The number of rotatable bonds is 2. The largest absolute Gasteiger partial charge is 0.383 e. The van der Waals surface area contributed by atoms with Gasteiger partial charge in [-0.25, -0.2) is 0 Å². The molecule has 0 aliphatic rings. The molecule has 1 N–H and O–H groups in total. The second-order valence-corrected chi connectivity index (χ2v) is 4.60. The average molecular weight is 208 g/mol. The molecule has 0 spiro atoms. The number of nitrogens with zero attached hydrogens (tertiary/aromatic N) is 1. The standard InChI is InChI=1S/C11H18N2.C2H6/c1-9-5-6-12-7-10(9)13-8-11(2,3)4;1-2/h5-7,13H,8H2,1-4H3;1-2H3. The SMILES string of the molecule is CC.Cc1ccncc1NCC(C)(C)C. The van der Waals surface area contributed by atoms with Crippen molar-refractivity contribution >= 4 is 5.69 Å². The zero-order chi connectivity index (χ0) is 11.9. The first-order valence-electron chi connectivity index (χ1n) is 5.63. The third-order valence-corrected chi connectivity index (χ3v) is 1.85. The molecule has 86 valence electrons. The molecule has 1 rings (SSSR count). The number of hydrogen-bond acceptors (Lipinski definition) is 2. The second kappa shape index (κ2) is 6.44. The Labute approximate surface area is 94.1 Å². The third kappa shape index (κ3) is 6.10. The van der Waals surface area contributed by atoms with Crippen molar-refractivity contribution in [1.82, 2.24) is 4.98 Å². The Morgan fingerprint density at radius 1 is 1.27 bits per heavy atom. The summed E-state index contributed by atoms with van der Waals surface area (Å²) in [6, 6.07) is 2.02.